The molecule has 0 aliphatic carbocycles. The molecule has 11 aromatic carbocycles. The number of hydrogen-bond acceptors (Lipinski definition) is 15. The molecule has 9 aromatic heterocycles. The number of rotatable bonds is 20. The highest BCUT2D eigenvalue weighted by Crippen LogP contribution is 2.40. The first-order chi connectivity index (χ1) is 61.3. The van der Waals surface area contributed by atoms with Crippen LogP contribution in [0.15, 0.2) is 268 Å². The van der Waals surface area contributed by atoms with Crippen molar-refractivity contribution in [3.05, 3.63) is 296 Å². The first kappa shape index (κ1) is 78.5. The second-order valence-corrected chi connectivity index (χ2v) is 32.5. The molecule has 616 valence electrons. The van der Waals surface area contributed by atoms with Crippen molar-refractivity contribution in [1.29, 1.82) is 0 Å². The van der Waals surface area contributed by atoms with Crippen molar-refractivity contribution in [3.63, 3.8) is 0 Å². The number of aliphatic hydroxyl groups excluding tert-OH is 1. The zero-order valence-corrected chi connectivity index (χ0v) is 69.6. The molecule has 12 heterocycles. The van der Waals surface area contributed by atoms with Crippen LogP contribution in [0.2, 0.25) is 0 Å². The average molecular weight is 1630 g/mol. The van der Waals surface area contributed by atoms with E-state index in [1.54, 1.807) is 14.2 Å². The van der Waals surface area contributed by atoms with Gasteiger partial charge in [0.2, 0.25) is 0 Å². The van der Waals surface area contributed by atoms with Crippen LogP contribution in [0.5, 0.6) is 11.5 Å². The number of nitrogens with zero attached hydrogens (tertiary/aromatic N) is 13. The molecule has 21 nitrogen and oxygen atoms in total. The lowest BCUT2D eigenvalue weighted by molar-refractivity contribution is 0.300. The molecule has 3 aliphatic rings. The van der Waals surface area contributed by atoms with Crippen molar-refractivity contribution in [2.75, 3.05) is 73.2 Å². The fraction of sp³-hybridized carbons (Fsp3) is 0.214. The van der Waals surface area contributed by atoms with Gasteiger partial charge < -0.3 is 44.6 Å². The van der Waals surface area contributed by atoms with E-state index >= 15 is 0 Å². The quantitative estimate of drug-likeness (QED) is 0.0415. The maximum absolute atomic E-state index is 9.57. The second kappa shape index (κ2) is 35.5. The standard InChI is InChI=1S/C37H34N6O.C33H27N5O2.C29H26N6.C4H9N/c1-44-29-14-11-25(12-15-29)24-43-34-16-13-27(32-23-38-22-28-7-2-3-9-30(28)32)21-31(34)36(41-43)37-39-33-10-6-8-26(35(33)40-37)17-20-42-18-4-5-19-42;1-40-25-12-9-21(10-13-25)20-38-30-14-11-23(28-19-34-18-24-5-2-3-7-26(24)28)17-27(30)32(37-38)33-35-29-8-4-6-22(15-16-39)31(29)36-33;1-2-8-22-21(6-1)17-30-18-24(22)20-10-11-25-23(16-20)28(34-33-25)29-31-26-9-5-7-19(27(26)32-29)12-15-35-13-3-4-14-35;1-2-4-5-3-1/h2-3,6-16,21-23H,4-5,17-20,24H2,1H3,(H,39,40);2-14,17-19,39H,15-16,20H2,1H3,(H,35,36);1-2,5-11,16-18H,3-4,12-15H2,(H,31,32)(H,33,34);5H,1-4H2. The molecule has 0 bridgehead atoms. The van der Waals surface area contributed by atoms with E-state index in [2.05, 4.69) is 236 Å². The van der Waals surface area contributed by atoms with Gasteiger partial charge in [0.15, 0.2) is 17.5 Å². The van der Waals surface area contributed by atoms with E-state index in [0.717, 1.165) is 204 Å². The molecular weight excluding hydrogens is 1540 g/mol. The Morgan fingerprint density at radius 1 is 0.363 bits per heavy atom. The van der Waals surface area contributed by atoms with Gasteiger partial charge in [-0.3, -0.25) is 29.4 Å². The molecule has 3 aliphatic heterocycles. The Balaban J connectivity index is 0.000000115. The zero-order valence-electron chi connectivity index (χ0n) is 69.6. The minimum absolute atomic E-state index is 0.0726. The van der Waals surface area contributed by atoms with Crippen molar-refractivity contribution in [3.8, 4) is 79.4 Å². The molecule has 0 unspecified atom stereocenters. The topological polar surface area (TPSA) is 246 Å². The molecule has 20 aromatic rings. The Bertz CT molecular complexity index is 7180. The molecule has 3 fully saturated rings. The van der Waals surface area contributed by atoms with Crippen molar-refractivity contribution < 1.29 is 14.6 Å². The van der Waals surface area contributed by atoms with Crippen LogP contribution in [0.4, 0.5) is 0 Å². The number of benzene rings is 11. The lowest BCUT2D eigenvalue weighted by atomic mass is 9.99. The Morgan fingerprint density at radius 3 is 1.16 bits per heavy atom. The van der Waals surface area contributed by atoms with Crippen LogP contribution in [0.1, 0.15) is 66.3 Å². The number of imidazole rings is 3. The number of ether oxygens (including phenoxy) is 2. The number of likely N-dealkylation sites (tertiary alicyclic amines) is 2. The minimum atomic E-state index is 0.0726. The van der Waals surface area contributed by atoms with E-state index in [0.29, 0.717) is 25.3 Å². The summed E-state index contributed by atoms with van der Waals surface area (Å²) in [6, 6.07) is 79.7. The third kappa shape index (κ3) is 16.3. The van der Waals surface area contributed by atoms with Gasteiger partial charge in [-0.25, -0.2) is 15.0 Å². The number of methoxy groups -OCH3 is 2. The number of pyridine rings is 3. The number of fused-ring (bicyclic) bond motifs is 9. The van der Waals surface area contributed by atoms with Gasteiger partial charge in [-0.2, -0.15) is 15.3 Å². The van der Waals surface area contributed by atoms with Crippen LogP contribution in [-0.4, -0.2) is 163 Å². The molecule has 0 radical (unpaired) electrons. The number of para-hydroxylation sites is 3. The molecule has 6 N–H and O–H groups in total. The Labute approximate surface area is 717 Å². The Kier molecular flexibility index (Phi) is 22.5. The zero-order chi connectivity index (χ0) is 83.2. The van der Waals surface area contributed by atoms with E-state index in [4.69, 9.17) is 34.6 Å². The van der Waals surface area contributed by atoms with Crippen LogP contribution >= 0.6 is 0 Å². The Hall–Kier alpha value is -14.1. The van der Waals surface area contributed by atoms with E-state index in [1.807, 2.05) is 96.5 Å². The predicted molar refractivity (Wildman–Crippen MR) is 499 cm³/mol. The van der Waals surface area contributed by atoms with Crippen molar-refractivity contribution in [1.82, 2.24) is 89.7 Å². The highest BCUT2D eigenvalue weighted by Gasteiger charge is 2.24. The van der Waals surface area contributed by atoms with Gasteiger partial charge in [-0.1, -0.05) is 152 Å². The summed E-state index contributed by atoms with van der Waals surface area (Å²) in [5.41, 5.74) is 23.9. The van der Waals surface area contributed by atoms with Crippen molar-refractivity contribution in [2.24, 2.45) is 0 Å². The lowest BCUT2D eigenvalue weighted by Crippen LogP contribution is -2.21. The third-order valence-corrected chi connectivity index (χ3v) is 24.6. The number of nitrogens with one attached hydrogen (secondary N) is 5. The fourth-order valence-electron chi connectivity index (χ4n) is 18.0. The first-order valence-electron chi connectivity index (χ1n) is 43.2. The van der Waals surface area contributed by atoms with Gasteiger partial charge >= 0.3 is 0 Å². The summed E-state index contributed by atoms with van der Waals surface area (Å²) in [6.07, 6.45) is 22.1. The molecule has 23 rings (SSSR count). The maximum Gasteiger partial charge on any atom is 0.159 e. The van der Waals surface area contributed by atoms with E-state index < -0.39 is 0 Å². The molecular formula is C103H96N18O3. The van der Waals surface area contributed by atoms with Gasteiger partial charge in [0.1, 0.15) is 28.6 Å². The van der Waals surface area contributed by atoms with Crippen LogP contribution in [0, 0.1) is 0 Å². The number of hydrogen-bond donors (Lipinski definition) is 6. The number of H-pyrrole nitrogens is 4. The van der Waals surface area contributed by atoms with Gasteiger partial charge in [-0.05, 0) is 237 Å². The smallest absolute Gasteiger partial charge is 0.159 e. The summed E-state index contributed by atoms with van der Waals surface area (Å²) in [5.74, 6) is 3.96. The molecule has 3 saturated heterocycles. The van der Waals surface area contributed by atoms with E-state index in [-0.39, 0.29) is 6.61 Å². The summed E-state index contributed by atoms with van der Waals surface area (Å²) >= 11 is 0. The van der Waals surface area contributed by atoms with Crippen molar-refractivity contribution in [2.45, 2.75) is 70.9 Å². The van der Waals surface area contributed by atoms with Gasteiger partial charge in [0.25, 0.3) is 0 Å². The van der Waals surface area contributed by atoms with Gasteiger partial charge in [-0.15, -0.1) is 0 Å². The number of aromatic amines is 4. The molecule has 0 amide bonds. The lowest BCUT2D eigenvalue weighted by Gasteiger charge is -2.14. The molecule has 0 atom stereocenters. The normalized spacial score (nSPS) is 13.7. The molecule has 21 heteroatoms. The molecule has 0 saturated carbocycles. The highest BCUT2D eigenvalue weighted by atomic mass is 16.5. The highest BCUT2D eigenvalue weighted by molar-refractivity contribution is 6.05. The number of aliphatic hydroxyl groups is 1. The summed E-state index contributed by atoms with van der Waals surface area (Å²) in [7, 11) is 3.36. The van der Waals surface area contributed by atoms with E-state index in [9.17, 15) is 5.11 Å². The van der Waals surface area contributed by atoms with Crippen molar-refractivity contribution >= 4 is 98.1 Å². The molecule has 124 heavy (non-hydrogen) atoms. The van der Waals surface area contributed by atoms with Crippen LogP contribution in [0.3, 0.4) is 0 Å². The fourth-order valence-corrected chi connectivity index (χ4v) is 18.0. The van der Waals surface area contributed by atoms with E-state index in [1.165, 1.54) is 99.7 Å². The monoisotopic (exact) mass is 1630 g/mol. The minimum Gasteiger partial charge on any atom is -0.497 e. The Morgan fingerprint density at radius 2 is 0.758 bits per heavy atom. The van der Waals surface area contributed by atoms with Gasteiger partial charge in [0, 0.05) is 106 Å². The summed E-state index contributed by atoms with van der Waals surface area (Å²) in [5, 5.41) is 40.9. The second-order valence-electron chi connectivity index (χ2n) is 32.5. The predicted octanol–water partition coefficient (Wildman–Crippen LogP) is 20.2. The summed E-state index contributed by atoms with van der Waals surface area (Å²) in [4.78, 5) is 44.5. The SMILES string of the molecule is C1CCNC1.COc1ccc(Cn2nc(-c3nc4c(CCN5CCCC5)cccc4[nH]3)c3cc(-c4cncc5ccccc45)ccc32)cc1.COc1ccc(Cn2nc(-c3nc4c(CCO)cccc4[nH]3)c3cc(-c4cncc5ccccc45)ccc32)cc1.c1ccc2c(-c3ccc4[nH]nc(-c5nc6c(CCN7CCCC7)cccc6[nH]5)c4c3)cncc2c1. The molecule has 0 spiro atoms. The van der Waals surface area contributed by atoms with Crippen LogP contribution < -0.4 is 14.8 Å². The first-order valence-corrected chi connectivity index (χ1v) is 43.2. The largest absolute Gasteiger partial charge is 0.497 e. The van der Waals surface area contributed by atoms with Gasteiger partial charge in [0.05, 0.1) is 77.0 Å². The maximum atomic E-state index is 9.57. The van der Waals surface area contributed by atoms with Crippen LogP contribution in [-0.2, 0) is 32.4 Å². The summed E-state index contributed by atoms with van der Waals surface area (Å²) < 4.78 is 14.8. The summed E-state index contributed by atoms with van der Waals surface area (Å²) in [6.45, 7) is 10.8. The third-order valence-electron chi connectivity index (χ3n) is 24.6. The van der Waals surface area contributed by atoms with Crippen LogP contribution in [0.25, 0.3) is 166 Å². The average Bonchev–Trinajstić information content (AvgIpc) is 1.60. The number of aromatic nitrogens is 15.